The molecule has 4 heteroatoms. The van der Waals surface area contributed by atoms with E-state index in [1.54, 1.807) is 5.57 Å². The monoisotopic (exact) mass is 372 g/mol. The molecule has 0 spiro atoms. The lowest BCUT2D eigenvalue weighted by atomic mass is 9.47. The van der Waals surface area contributed by atoms with Gasteiger partial charge in [-0.15, -0.1) is 0 Å². The maximum atomic E-state index is 12.3. The van der Waals surface area contributed by atoms with Gasteiger partial charge in [0, 0.05) is 12.0 Å². The third-order valence-electron chi connectivity index (χ3n) is 9.15. The van der Waals surface area contributed by atoms with Crippen LogP contribution in [-0.4, -0.2) is 24.3 Å². The zero-order chi connectivity index (χ0) is 19.4. The summed E-state index contributed by atoms with van der Waals surface area (Å²) >= 11 is 0. The standard InChI is InChI=1S/C23H36N2O2/c1-14(26)18-6-7-19-17-5-4-15-12-16(25-21(27)13-24)8-10-22(15,2)20(17)9-11-23(18,19)3/h4,16-20H,5-13,24H2,1-3H3,(H,25,27)/t16-,17+,18-,19+,20+,22+,23-/m1/s1. The second-order valence-electron chi connectivity index (χ2n) is 10.3. The first kappa shape index (κ1) is 19.2. The van der Waals surface area contributed by atoms with Gasteiger partial charge >= 0.3 is 0 Å². The van der Waals surface area contributed by atoms with Gasteiger partial charge in [-0.2, -0.15) is 0 Å². The number of Topliss-reactive ketones (excluding diaryl/α,β-unsaturated/α-hetero) is 1. The molecule has 0 saturated heterocycles. The Kier molecular flexibility index (Phi) is 4.77. The number of nitrogens with two attached hydrogens (primary N) is 1. The SMILES string of the molecule is CC(=O)[C@H]1CC[C@H]2[C@@H]3CC=C4C[C@H](NC(=O)CN)CC[C@]4(C)[C@H]3CC[C@]12C. The van der Waals surface area contributed by atoms with Crippen LogP contribution in [0.15, 0.2) is 11.6 Å². The van der Waals surface area contributed by atoms with E-state index in [9.17, 15) is 9.59 Å². The van der Waals surface area contributed by atoms with Crippen LogP contribution in [0.3, 0.4) is 0 Å². The van der Waals surface area contributed by atoms with Crippen molar-refractivity contribution in [1.82, 2.24) is 5.32 Å². The molecular formula is C23H36N2O2. The summed E-state index contributed by atoms with van der Waals surface area (Å²) < 4.78 is 0. The van der Waals surface area contributed by atoms with Crippen molar-refractivity contribution in [2.45, 2.75) is 78.2 Å². The molecule has 0 aromatic rings. The second-order valence-corrected chi connectivity index (χ2v) is 10.3. The number of ketones is 1. The van der Waals surface area contributed by atoms with E-state index in [4.69, 9.17) is 5.73 Å². The van der Waals surface area contributed by atoms with Crippen molar-refractivity contribution in [3.05, 3.63) is 11.6 Å². The number of allylic oxidation sites excluding steroid dienone is 1. The van der Waals surface area contributed by atoms with Gasteiger partial charge in [-0.1, -0.05) is 25.5 Å². The van der Waals surface area contributed by atoms with Gasteiger partial charge in [0.15, 0.2) is 0 Å². The minimum Gasteiger partial charge on any atom is -0.352 e. The molecule has 0 unspecified atom stereocenters. The van der Waals surface area contributed by atoms with Gasteiger partial charge in [0.05, 0.1) is 6.54 Å². The minimum absolute atomic E-state index is 0.0347. The first-order chi connectivity index (χ1) is 12.8. The van der Waals surface area contributed by atoms with E-state index in [-0.39, 0.29) is 35.2 Å². The quantitative estimate of drug-likeness (QED) is 0.744. The van der Waals surface area contributed by atoms with E-state index in [2.05, 4.69) is 25.2 Å². The molecule has 3 N–H and O–H groups in total. The van der Waals surface area contributed by atoms with Gasteiger partial charge in [0.1, 0.15) is 5.78 Å². The molecule has 4 rings (SSSR count). The molecule has 7 atom stereocenters. The predicted octanol–water partition coefficient (Wildman–Crippen LogP) is 3.60. The average molecular weight is 373 g/mol. The summed E-state index contributed by atoms with van der Waals surface area (Å²) in [4.78, 5) is 24.0. The second kappa shape index (κ2) is 6.72. The minimum atomic E-state index is -0.0347. The Morgan fingerprint density at radius 1 is 1.15 bits per heavy atom. The molecular weight excluding hydrogens is 336 g/mol. The summed E-state index contributed by atoms with van der Waals surface area (Å²) in [5.41, 5.74) is 7.55. The van der Waals surface area contributed by atoms with Crippen LogP contribution in [0.2, 0.25) is 0 Å². The van der Waals surface area contributed by atoms with Crippen LogP contribution in [0.1, 0.15) is 72.1 Å². The number of rotatable bonds is 3. The molecule has 4 aliphatic carbocycles. The number of nitrogens with one attached hydrogen (secondary N) is 1. The Hall–Kier alpha value is -1.16. The fourth-order valence-electron chi connectivity index (χ4n) is 7.74. The van der Waals surface area contributed by atoms with Crippen molar-refractivity contribution in [3.63, 3.8) is 0 Å². The lowest BCUT2D eigenvalue weighted by Crippen LogP contribution is -2.52. The van der Waals surface area contributed by atoms with Gasteiger partial charge in [-0.05, 0) is 86.9 Å². The van der Waals surface area contributed by atoms with Crippen LogP contribution < -0.4 is 11.1 Å². The summed E-state index contributed by atoms with van der Waals surface area (Å²) in [6, 6.07) is 0.249. The van der Waals surface area contributed by atoms with Gasteiger partial charge in [-0.25, -0.2) is 0 Å². The average Bonchev–Trinajstić information content (AvgIpc) is 2.99. The Labute approximate surface area is 163 Å². The summed E-state index contributed by atoms with van der Waals surface area (Å²) in [6.07, 6.45) is 11.7. The van der Waals surface area contributed by atoms with E-state index in [1.807, 2.05) is 6.92 Å². The van der Waals surface area contributed by atoms with Crippen LogP contribution in [0.25, 0.3) is 0 Å². The fraction of sp³-hybridized carbons (Fsp3) is 0.826. The molecule has 0 heterocycles. The highest BCUT2D eigenvalue weighted by Gasteiger charge is 2.59. The van der Waals surface area contributed by atoms with E-state index >= 15 is 0 Å². The molecule has 27 heavy (non-hydrogen) atoms. The third kappa shape index (κ3) is 2.90. The molecule has 4 aliphatic rings. The Morgan fingerprint density at radius 3 is 2.63 bits per heavy atom. The molecule has 4 nitrogen and oxygen atoms in total. The number of hydrogen-bond donors (Lipinski definition) is 2. The van der Waals surface area contributed by atoms with Gasteiger partial charge in [0.2, 0.25) is 5.91 Å². The summed E-state index contributed by atoms with van der Waals surface area (Å²) in [5.74, 6) is 2.84. The molecule has 1 amide bonds. The predicted molar refractivity (Wildman–Crippen MR) is 107 cm³/mol. The first-order valence-corrected chi connectivity index (χ1v) is 11.0. The van der Waals surface area contributed by atoms with Crippen molar-refractivity contribution in [3.8, 4) is 0 Å². The number of carbonyl (C=O) groups excluding carboxylic acids is 2. The summed E-state index contributed by atoms with van der Waals surface area (Å²) in [5, 5.41) is 3.11. The van der Waals surface area contributed by atoms with Crippen molar-refractivity contribution < 1.29 is 9.59 Å². The van der Waals surface area contributed by atoms with Crippen molar-refractivity contribution in [2.75, 3.05) is 6.54 Å². The van der Waals surface area contributed by atoms with Crippen molar-refractivity contribution >= 4 is 11.7 Å². The highest BCUT2D eigenvalue weighted by Crippen LogP contribution is 2.66. The van der Waals surface area contributed by atoms with Crippen LogP contribution in [0.5, 0.6) is 0 Å². The number of fused-ring (bicyclic) bond motifs is 5. The van der Waals surface area contributed by atoms with Gasteiger partial charge in [0.25, 0.3) is 0 Å². The molecule has 0 aromatic carbocycles. The Bertz CT molecular complexity index is 671. The maximum Gasteiger partial charge on any atom is 0.233 e. The molecule has 3 saturated carbocycles. The molecule has 3 fully saturated rings. The van der Waals surface area contributed by atoms with Crippen LogP contribution in [-0.2, 0) is 9.59 Å². The third-order valence-corrected chi connectivity index (χ3v) is 9.15. The van der Waals surface area contributed by atoms with Crippen molar-refractivity contribution in [1.29, 1.82) is 0 Å². The molecule has 0 aromatic heterocycles. The topological polar surface area (TPSA) is 72.2 Å². The summed E-state index contributed by atoms with van der Waals surface area (Å²) in [7, 11) is 0. The number of hydrogen-bond acceptors (Lipinski definition) is 3. The zero-order valence-electron chi connectivity index (χ0n) is 17.2. The molecule has 0 aliphatic heterocycles. The highest BCUT2D eigenvalue weighted by atomic mass is 16.2. The first-order valence-electron chi connectivity index (χ1n) is 11.0. The van der Waals surface area contributed by atoms with E-state index in [1.165, 1.54) is 19.3 Å². The molecule has 150 valence electrons. The van der Waals surface area contributed by atoms with Crippen LogP contribution in [0, 0.1) is 34.5 Å². The zero-order valence-corrected chi connectivity index (χ0v) is 17.2. The Balaban J connectivity index is 1.56. The maximum absolute atomic E-state index is 12.3. The Morgan fingerprint density at radius 2 is 1.93 bits per heavy atom. The number of amides is 1. The van der Waals surface area contributed by atoms with E-state index in [0.29, 0.717) is 11.7 Å². The van der Waals surface area contributed by atoms with Crippen molar-refractivity contribution in [2.24, 2.45) is 40.2 Å². The normalized spacial score (nSPS) is 45.9. The van der Waals surface area contributed by atoms with Gasteiger partial charge < -0.3 is 11.1 Å². The largest absolute Gasteiger partial charge is 0.352 e. The van der Waals surface area contributed by atoms with E-state index in [0.717, 1.165) is 43.9 Å². The molecule has 0 bridgehead atoms. The van der Waals surface area contributed by atoms with Crippen LogP contribution in [0.4, 0.5) is 0 Å². The highest BCUT2D eigenvalue weighted by molar-refractivity contribution is 5.79. The van der Waals surface area contributed by atoms with E-state index < -0.39 is 0 Å². The van der Waals surface area contributed by atoms with Gasteiger partial charge in [-0.3, -0.25) is 9.59 Å². The lowest BCUT2D eigenvalue weighted by Gasteiger charge is -2.58. The number of carbonyl (C=O) groups is 2. The fourth-order valence-corrected chi connectivity index (χ4v) is 7.74. The molecule has 0 radical (unpaired) electrons. The lowest BCUT2D eigenvalue weighted by molar-refractivity contribution is -0.127. The van der Waals surface area contributed by atoms with Crippen LogP contribution >= 0.6 is 0 Å². The summed E-state index contributed by atoms with van der Waals surface area (Å²) in [6.45, 7) is 6.78. The smallest absolute Gasteiger partial charge is 0.233 e.